The van der Waals surface area contributed by atoms with Crippen LogP contribution in [0, 0.1) is 0 Å². The minimum Gasteiger partial charge on any atom is -0.309 e. The van der Waals surface area contributed by atoms with Gasteiger partial charge in [-0.05, 0) is 25.0 Å². The molecule has 0 saturated carbocycles. The molecule has 10 heteroatoms. The number of piperidine rings is 1. The Morgan fingerprint density at radius 2 is 2.00 bits per heavy atom. The summed E-state index contributed by atoms with van der Waals surface area (Å²) in [6, 6.07) is 2.75. The molecule has 1 N–H and O–H groups in total. The van der Waals surface area contributed by atoms with Crippen LogP contribution in [0.4, 0.5) is 11.5 Å². The molecule has 3 heterocycles. The van der Waals surface area contributed by atoms with Gasteiger partial charge in [0.25, 0.3) is 0 Å². The van der Waals surface area contributed by atoms with Crippen LogP contribution in [-0.4, -0.2) is 75.0 Å². The molecule has 0 spiro atoms. The molecule has 1 unspecified atom stereocenters. The molecule has 3 rings (SSSR count). The number of carbonyl (C=O) groups excluding carboxylic acids is 2. The van der Waals surface area contributed by atoms with Crippen LogP contribution in [0.15, 0.2) is 18.3 Å². The van der Waals surface area contributed by atoms with Gasteiger partial charge in [0.15, 0.2) is 0 Å². The number of aromatic nitrogens is 1. The largest absolute Gasteiger partial charge is 0.309 e. The average molecular weight is 381 g/mol. The summed E-state index contributed by atoms with van der Waals surface area (Å²) in [5.74, 6) is 0.172. The molecular weight excluding hydrogens is 358 g/mol. The lowest BCUT2D eigenvalue weighted by molar-refractivity contribution is -0.123. The van der Waals surface area contributed by atoms with E-state index in [4.69, 9.17) is 0 Å². The second-order valence-electron chi connectivity index (χ2n) is 6.52. The number of hydrogen-bond acceptors (Lipinski definition) is 6. The molecule has 2 fully saturated rings. The third kappa shape index (κ3) is 3.71. The number of piperazine rings is 1. The van der Waals surface area contributed by atoms with Crippen LogP contribution in [0.1, 0.15) is 12.8 Å². The Morgan fingerprint density at radius 3 is 2.62 bits per heavy atom. The van der Waals surface area contributed by atoms with Gasteiger partial charge in [0.1, 0.15) is 11.9 Å². The third-order valence-corrected chi connectivity index (χ3v) is 6.08. The van der Waals surface area contributed by atoms with E-state index in [1.54, 1.807) is 23.2 Å². The number of rotatable bonds is 4. The van der Waals surface area contributed by atoms with Crippen molar-refractivity contribution in [3.63, 3.8) is 0 Å². The maximum atomic E-state index is 12.8. The van der Waals surface area contributed by atoms with Crippen LogP contribution in [0.25, 0.3) is 0 Å². The number of nitrogens with zero attached hydrogens (tertiary/aromatic N) is 4. The number of pyridine rings is 1. The van der Waals surface area contributed by atoms with E-state index in [1.807, 2.05) is 0 Å². The van der Waals surface area contributed by atoms with Gasteiger partial charge < -0.3 is 10.2 Å². The van der Waals surface area contributed by atoms with Gasteiger partial charge in [-0.15, -0.1) is 0 Å². The maximum absolute atomic E-state index is 12.8. The molecule has 1 atom stereocenters. The maximum Gasteiger partial charge on any atom is 0.246 e. The molecule has 1 aromatic heterocycles. The minimum absolute atomic E-state index is 0.0188. The highest BCUT2D eigenvalue weighted by molar-refractivity contribution is 7.88. The number of carbonyl (C=O) groups is 2. The van der Waals surface area contributed by atoms with Crippen molar-refractivity contribution in [1.29, 1.82) is 0 Å². The van der Waals surface area contributed by atoms with Crippen LogP contribution in [0.2, 0.25) is 0 Å². The first-order valence-corrected chi connectivity index (χ1v) is 10.4. The summed E-state index contributed by atoms with van der Waals surface area (Å²) >= 11 is 0. The van der Waals surface area contributed by atoms with Crippen LogP contribution in [-0.2, 0) is 19.6 Å². The summed E-state index contributed by atoms with van der Waals surface area (Å²) in [7, 11) is -2.03. The monoisotopic (exact) mass is 381 g/mol. The Labute approximate surface area is 153 Å². The van der Waals surface area contributed by atoms with Crippen molar-refractivity contribution in [3.8, 4) is 0 Å². The smallest absolute Gasteiger partial charge is 0.246 e. The van der Waals surface area contributed by atoms with E-state index in [0.29, 0.717) is 44.0 Å². The number of nitrogens with one attached hydrogen (secondary N) is 1. The fourth-order valence-corrected chi connectivity index (χ4v) is 3.89. The van der Waals surface area contributed by atoms with Crippen LogP contribution in [0.5, 0.6) is 0 Å². The lowest BCUT2D eigenvalue weighted by Gasteiger charge is -2.35. The quantitative estimate of drug-likeness (QED) is 0.747. The van der Waals surface area contributed by atoms with E-state index in [1.165, 1.54) is 11.9 Å². The molecule has 0 aromatic carbocycles. The van der Waals surface area contributed by atoms with E-state index in [0.717, 1.165) is 17.1 Å². The zero-order chi connectivity index (χ0) is 18.9. The molecule has 0 aliphatic carbocycles. The van der Waals surface area contributed by atoms with Crippen molar-refractivity contribution in [2.24, 2.45) is 0 Å². The molecule has 2 aliphatic rings. The van der Waals surface area contributed by atoms with E-state index in [9.17, 15) is 18.0 Å². The lowest BCUT2D eigenvalue weighted by Crippen LogP contribution is -2.53. The van der Waals surface area contributed by atoms with Crippen molar-refractivity contribution in [1.82, 2.24) is 14.6 Å². The summed E-state index contributed by atoms with van der Waals surface area (Å²) in [5.41, 5.74) is 0.689. The lowest BCUT2D eigenvalue weighted by atomic mass is 10.1. The number of amides is 2. The molecule has 9 nitrogen and oxygen atoms in total. The minimum atomic E-state index is -3.45. The molecule has 0 bridgehead atoms. The van der Waals surface area contributed by atoms with Gasteiger partial charge in [0.05, 0.1) is 24.7 Å². The first kappa shape index (κ1) is 18.7. The predicted molar refractivity (Wildman–Crippen MR) is 97.4 cm³/mol. The summed E-state index contributed by atoms with van der Waals surface area (Å²) < 4.78 is 24.7. The molecule has 2 saturated heterocycles. The zero-order valence-corrected chi connectivity index (χ0v) is 15.7. The summed E-state index contributed by atoms with van der Waals surface area (Å²) in [6.07, 6.45) is 3.86. The zero-order valence-electron chi connectivity index (χ0n) is 14.9. The van der Waals surface area contributed by atoms with Gasteiger partial charge in [-0.3, -0.25) is 14.5 Å². The van der Waals surface area contributed by atoms with Crippen LogP contribution in [0.3, 0.4) is 0 Å². The molecule has 0 radical (unpaired) electrons. The van der Waals surface area contributed by atoms with Gasteiger partial charge in [0.2, 0.25) is 21.8 Å². The van der Waals surface area contributed by atoms with E-state index < -0.39 is 16.1 Å². The van der Waals surface area contributed by atoms with E-state index in [-0.39, 0.29) is 11.8 Å². The second-order valence-corrected chi connectivity index (χ2v) is 8.57. The van der Waals surface area contributed by atoms with Crippen molar-refractivity contribution >= 4 is 33.3 Å². The highest BCUT2D eigenvalue weighted by Gasteiger charge is 2.36. The van der Waals surface area contributed by atoms with Crippen molar-refractivity contribution in [2.75, 3.05) is 49.3 Å². The Morgan fingerprint density at radius 1 is 1.23 bits per heavy atom. The average Bonchev–Trinajstić information content (AvgIpc) is 2.61. The van der Waals surface area contributed by atoms with Crippen molar-refractivity contribution in [3.05, 3.63) is 18.3 Å². The Kier molecular flexibility index (Phi) is 5.26. The van der Waals surface area contributed by atoms with Gasteiger partial charge in [-0.2, -0.15) is 4.31 Å². The van der Waals surface area contributed by atoms with Crippen LogP contribution >= 0.6 is 0 Å². The van der Waals surface area contributed by atoms with Crippen LogP contribution < -0.4 is 15.1 Å². The predicted octanol–water partition coefficient (Wildman–Crippen LogP) is -0.595. The normalized spacial score (nSPS) is 22.2. The highest BCUT2D eigenvalue weighted by Crippen LogP contribution is 2.24. The van der Waals surface area contributed by atoms with Gasteiger partial charge in [0, 0.05) is 26.7 Å². The molecule has 142 valence electrons. The number of hydrogen-bond donors (Lipinski definition) is 1. The highest BCUT2D eigenvalue weighted by atomic mass is 32.2. The molecule has 1 aromatic rings. The molecule has 26 heavy (non-hydrogen) atoms. The summed E-state index contributed by atoms with van der Waals surface area (Å²) in [6.45, 7) is 2.08. The van der Waals surface area contributed by atoms with Crippen molar-refractivity contribution in [2.45, 2.75) is 18.9 Å². The first-order valence-electron chi connectivity index (χ1n) is 8.50. The Hall–Kier alpha value is -2.04. The Bertz CT molecular complexity index is 795. The fraction of sp³-hybridized carbons (Fsp3) is 0.562. The van der Waals surface area contributed by atoms with Gasteiger partial charge in [-0.1, -0.05) is 0 Å². The number of sulfonamides is 1. The second kappa shape index (κ2) is 7.29. The van der Waals surface area contributed by atoms with Crippen molar-refractivity contribution < 1.29 is 18.0 Å². The van der Waals surface area contributed by atoms with E-state index >= 15 is 0 Å². The molecular formula is C16H23N5O4S. The number of anilines is 2. The first-order chi connectivity index (χ1) is 12.3. The third-order valence-electron chi connectivity index (χ3n) is 4.78. The fourth-order valence-electron chi connectivity index (χ4n) is 3.23. The van der Waals surface area contributed by atoms with E-state index in [2.05, 4.69) is 10.3 Å². The standard InChI is InChI=1S/C16H23N5O4S/c1-19(26(2,24)25)13-4-3-8-21(16(13)23)14-6-5-12(10-18-14)20-9-7-17-11-15(20)22/h5-6,10,13,17H,3-4,7-9,11H2,1-2H3. The van der Waals surface area contributed by atoms with Gasteiger partial charge in [-0.25, -0.2) is 13.4 Å². The summed E-state index contributed by atoms with van der Waals surface area (Å²) in [4.78, 5) is 32.2. The summed E-state index contributed by atoms with van der Waals surface area (Å²) in [5, 5.41) is 3.01. The van der Waals surface area contributed by atoms with Gasteiger partial charge >= 0.3 is 0 Å². The Balaban J connectivity index is 1.78. The topological polar surface area (TPSA) is 103 Å². The molecule has 2 aliphatic heterocycles. The number of likely N-dealkylation sites (N-methyl/N-ethyl adjacent to an activating group) is 1. The SMILES string of the molecule is CN(C1CCCN(c2ccc(N3CCNCC3=O)cn2)C1=O)S(C)(=O)=O. The molecule has 2 amide bonds.